The molecule has 1 aromatic rings. The molecule has 1 aliphatic heterocycles. The van der Waals surface area contributed by atoms with Crippen LogP contribution >= 0.6 is 0 Å². The maximum Gasteiger partial charge on any atom is 0.355 e. The molecule has 1 aromatic heterocycles. The molecule has 0 aliphatic carbocycles. The summed E-state index contributed by atoms with van der Waals surface area (Å²) >= 11 is 0. The Labute approximate surface area is 152 Å². The van der Waals surface area contributed by atoms with E-state index in [9.17, 15) is 14.4 Å². The number of aromatic nitrogens is 1. The van der Waals surface area contributed by atoms with Gasteiger partial charge >= 0.3 is 11.9 Å². The molecule has 0 radical (unpaired) electrons. The number of aromatic amines is 1. The van der Waals surface area contributed by atoms with Gasteiger partial charge in [0, 0.05) is 18.8 Å². The van der Waals surface area contributed by atoms with Gasteiger partial charge in [-0.05, 0) is 40.2 Å². The highest BCUT2D eigenvalue weighted by Crippen LogP contribution is 2.20. The van der Waals surface area contributed by atoms with Crippen molar-refractivity contribution in [3.8, 4) is 0 Å². The van der Waals surface area contributed by atoms with Gasteiger partial charge < -0.3 is 24.1 Å². The van der Waals surface area contributed by atoms with Crippen LogP contribution in [0.1, 0.15) is 52.9 Å². The number of nitrogens with one attached hydrogen (secondary N) is 1. The third-order valence-corrected chi connectivity index (χ3v) is 4.22. The molecule has 2 atom stereocenters. The van der Waals surface area contributed by atoms with Crippen LogP contribution in [0.3, 0.4) is 0 Å². The van der Waals surface area contributed by atoms with Gasteiger partial charge in [-0.15, -0.1) is 0 Å². The molecule has 1 aliphatic rings. The fourth-order valence-electron chi connectivity index (χ4n) is 3.14. The summed E-state index contributed by atoms with van der Waals surface area (Å²) in [6.45, 7) is 9.63. The van der Waals surface area contributed by atoms with Crippen LogP contribution in [-0.2, 0) is 19.0 Å². The standard InChI is InChI=1S/C18H26N2O6/c1-6-24-17(22)15-12(4)16(19-13(15)5)18(23)25-9-14(21)20-7-10(2)26-11(3)8-20/h10-11,19H,6-9H2,1-5H3/t10-,11-/m1/s1. The zero-order valence-electron chi connectivity index (χ0n) is 15.9. The maximum absolute atomic E-state index is 12.3. The van der Waals surface area contributed by atoms with Gasteiger partial charge in [0.25, 0.3) is 5.91 Å². The van der Waals surface area contributed by atoms with E-state index in [1.165, 1.54) is 0 Å². The lowest BCUT2D eigenvalue weighted by Gasteiger charge is -2.35. The summed E-state index contributed by atoms with van der Waals surface area (Å²) in [4.78, 5) is 41.1. The second-order valence-electron chi connectivity index (χ2n) is 6.48. The first-order valence-electron chi connectivity index (χ1n) is 8.71. The predicted octanol–water partition coefficient (Wildman–Crippen LogP) is 1.60. The third kappa shape index (κ3) is 4.43. The number of morpholine rings is 1. The highest BCUT2D eigenvalue weighted by molar-refractivity contribution is 5.99. The van der Waals surface area contributed by atoms with Gasteiger partial charge in [0.15, 0.2) is 6.61 Å². The predicted molar refractivity (Wildman–Crippen MR) is 93.1 cm³/mol. The fraction of sp³-hybridized carbons (Fsp3) is 0.611. The number of carbonyl (C=O) groups excluding carboxylic acids is 3. The van der Waals surface area contributed by atoms with Crippen molar-refractivity contribution in [1.82, 2.24) is 9.88 Å². The molecule has 0 bridgehead atoms. The van der Waals surface area contributed by atoms with E-state index in [1.807, 2.05) is 13.8 Å². The van der Waals surface area contributed by atoms with Crippen LogP contribution in [0.4, 0.5) is 0 Å². The molecule has 0 spiro atoms. The van der Waals surface area contributed by atoms with Crippen molar-refractivity contribution in [2.24, 2.45) is 0 Å². The van der Waals surface area contributed by atoms with Gasteiger partial charge in [-0.2, -0.15) is 0 Å². The normalized spacial score (nSPS) is 20.0. The smallest absolute Gasteiger partial charge is 0.355 e. The Morgan fingerprint density at radius 2 is 1.73 bits per heavy atom. The minimum absolute atomic E-state index is 0.0566. The van der Waals surface area contributed by atoms with E-state index in [2.05, 4.69) is 4.98 Å². The quantitative estimate of drug-likeness (QED) is 0.795. The van der Waals surface area contributed by atoms with E-state index in [0.717, 1.165) is 0 Å². The van der Waals surface area contributed by atoms with Crippen LogP contribution in [0.15, 0.2) is 0 Å². The van der Waals surface area contributed by atoms with E-state index in [0.29, 0.717) is 29.9 Å². The van der Waals surface area contributed by atoms with Crippen LogP contribution in [0.5, 0.6) is 0 Å². The Morgan fingerprint density at radius 3 is 2.31 bits per heavy atom. The Balaban J connectivity index is 2.01. The molecule has 8 nitrogen and oxygen atoms in total. The summed E-state index contributed by atoms with van der Waals surface area (Å²) < 4.78 is 15.7. The summed E-state index contributed by atoms with van der Waals surface area (Å²) in [6, 6.07) is 0. The first kappa shape index (κ1) is 20.0. The topological polar surface area (TPSA) is 97.9 Å². The lowest BCUT2D eigenvalue weighted by Crippen LogP contribution is -2.49. The molecule has 0 aromatic carbocycles. The van der Waals surface area contributed by atoms with Crippen molar-refractivity contribution in [3.05, 3.63) is 22.5 Å². The minimum Gasteiger partial charge on any atom is -0.462 e. The molecule has 1 amide bonds. The number of aryl methyl sites for hydroxylation is 1. The van der Waals surface area contributed by atoms with Crippen molar-refractivity contribution in [3.63, 3.8) is 0 Å². The monoisotopic (exact) mass is 366 g/mol. The number of hydrogen-bond acceptors (Lipinski definition) is 6. The second-order valence-corrected chi connectivity index (χ2v) is 6.48. The number of carbonyl (C=O) groups is 3. The van der Waals surface area contributed by atoms with Gasteiger partial charge in [-0.1, -0.05) is 0 Å². The minimum atomic E-state index is -0.677. The average Bonchev–Trinajstić information content (AvgIpc) is 2.86. The van der Waals surface area contributed by atoms with Gasteiger partial charge in [0.05, 0.1) is 24.4 Å². The first-order valence-corrected chi connectivity index (χ1v) is 8.71. The van der Waals surface area contributed by atoms with E-state index in [-0.39, 0.29) is 37.0 Å². The van der Waals surface area contributed by atoms with Crippen LogP contribution < -0.4 is 0 Å². The van der Waals surface area contributed by atoms with E-state index in [4.69, 9.17) is 14.2 Å². The molecule has 2 heterocycles. The molecule has 144 valence electrons. The largest absolute Gasteiger partial charge is 0.462 e. The van der Waals surface area contributed by atoms with E-state index in [1.54, 1.807) is 25.7 Å². The number of hydrogen-bond donors (Lipinski definition) is 1. The fourth-order valence-corrected chi connectivity index (χ4v) is 3.14. The molecule has 0 unspecified atom stereocenters. The first-order chi connectivity index (χ1) is 12.2. The molecule has 26 heavy (non-hydrogen) atoms. The van der Waals surface area contributed by atoms with Gasteiger partial charge in [0.2, 0.25) is 0 Å². The number of rotatable bonds is 5. The molecule has 1 fully saturated rings. The molecule has 2 rings (SSSR count). The third-order valence-electron chi connectivity index (χ3n) is 4.22. The summed E-state index contributed by atoms with van der Waals surface area (Å²) in [5.41, 5.74) is 1.45. The zero-order chi connectivity index (χ0) is 19.4. The summed E-state index contributed by atoms with van der Waals surface area (Å²) in [5, 5.41) is 0. The van der Waals surface area contributed by atoms with Crippen LogP contribution in [0, 0.1) is 13.8 Å². The van der Waals surface area contributed by atoms with Crippen LogP contribution in [-0.4, -0.2) is 66.2 Å². The number of amides is 1. The highest BCUT2D eigenvalue weighted by atomic mass is 16.5. The molecular formula is C18H26N2O6. The van der Waals surface area contributed by atoms with Crippen molar-refractivity contribution >= 4 is 17.8 Å². The SMILES string of the molecule is CCOC(=O)c1c(C)[nH]c(C(=O)OCC(=O)N2C[C@@H](C)O[C@H](C)C2)c1C. The highest BCUT2D eigenvalue weighted by Gasteiger charge is 2.28. The second kappa shape index (κ2) is 8.35. The van der Waals surface area contributed by atoms with Crippen LogP contribution in [0.2, 0.25) is 0 Å². The van der Waals surface area contributed by atoms with E-state index < -0.39 is 11.9 Å². The molecule has 1 saturated heterocycles. The summed E-state index contributed by atoms with van der Waals surface area (Å²) in [5.74, 6) is -1.44. The number of H-pyrrole nitrogens is 1. The Morgan fingerprint density at radius 1 is 1.12 bits per heavy atom. The number of esters is 2. The molecule has 1 N–H and O–H groups in total. The van der Waals surface area contributed by atoms with E-state index >= 15 is 0 Å². The molecular weight excluding hydrogens is 340 g/mol. The van der Waals surface area contributed by atoms with Crippen molar-refractivity contribution in [1.29, 1.82) is 0 Å². The number of ether oxygens (including phenoxy) is 3. The van der Waals surface area contributed by atoms with Crippen molar-refractivity contribution < 1.29 is 28.6 Å². The van der Waals surface area contributed by atoms with Crippen molar-refractivity contribution in [2.75, 3.05) is 26.3 Å². The Bertz CT molecular complexity index is 686. The lowest BCUT2D eigenvalue weighted by atomic mass is 10.1. The molecule has 0 saturated carbocycles. The lowest BCUT2D eigenvalue weighted by molar-refractivity contribution is -0.146. The van der Waals surface area contributed by atoms with Crippen molar-refractivity contribution in [2.45, 2.75) is 46.8 Å². The number of nitrogens with zero attached hydrogens (tertiary/aromatic N) is 1. The zero-order valence-corrected chi connectivity index (χ0v) is 15.9. The van der Waals surface area contributed by atoms with Gasteiger partial charge in [-0.25, -0.2) is 9.59 Å². The van der Waals surface area contributed by atoms with Crippen LogP contribution in [0.25, 0.3) is 0 Å². The summed E-state index contributed by atoms with van der Waals surface area (Å²) in [7, 11) is 0. The van der Waals surface area contributed by atoms with Gasteiger partial charge in [-0.3, -0.25) is 4.79 Å². The Hall–Kier alpha value is -2.35. The summed E-state index contributed by atoms with van der Waals surface area (Å²) in [6.07, 6.45) is -0.113. The average molecular weight is 366 g/mol. The Kier molecular flexibility index (Phi) is 6.42. The molecule has 8 heteroatoms. The maximum atomic E-state index is 12.3. The van der Waals surface area contributed by atoms with Gasteiger partial charge in [0.1, 0.15) is 5.69 Å².